The lowest BCUT2D eigenvalue weighted by Gasteiger charge is -2.15. The van der Waals surface area contributed by atoms with Crippen molar-refractivity contribution in [3.05, 3.63) is 89.5 Å². The molecule has 0 saturated carbocycles. The zero-order valence-corrected chi connectivity index (χ0v) is 16.4. The Morgan fingerprint density at radius 3 is 2.30 bits per heavy atom. The second-order valence-electron chi connectivity index (χ2n) is 6.94. The summed E-state index contributed by atoms with van der Waals surface area (Å²) in [5, 5.41) is 2.84. The maximum atomic E-state index is 12.7. The van der Waals surface area contributed by atoms with Gasteiger partial charge in [0.2, 0.25) is 5.91 Å². The van der Waals surface area contributed by atoms with Gasteiger partial charge in [0.1, 0.15) is 5.75 Å². The van der Waals surface area contributed by atoms with Crippen LogP contribution in [0.15, 0.2) is 72.8 Å². The molecule has 1 N–H and O–H groups in total. The maximum absolute atomic E-state index is 12.7. The van der Waals surface area contributed by atoms with Crippen LogP contribution in [0.5, 0.6) is 5.75 Å². The third kappa shape index (κ3) is 3.80. The summed E-state index contributed by atoms with van der Waals surface area (Å²) in [6.45, 7) is 0. The first-order valence-electron chi connectivity index (χ1n) is 9.57. The SMILES string of the molecule is COc1cccc(CCC(=O)Nc2cccc(N3C(=O)c4ccccc4C3=O)c2)c1. The Morgan fingerprint density at radius 2 is 1.60 bits per heavy atom. The van der Waals surface area contributed by atoms with Crippen molar-refractivity contribution in [1.82, 2.24) is 0 Å². The van der Waals surface area contributed by atoms with Gasteiger partial charge in [-0.3, -0.25) is 14.4 Å². The van der Waals surface area contributed by atoms with Gasteiger partial charge in [0.25, 0.3) is 11.8 Å². The normalized spacial score (nSPS) is 12.6. The average molecular weight is 400 g/mol. The number of hydrogen-bond acceptors (Lipinski definition) is 4. The number of nitrogens with zero attached hydrogens (tertiary/aromatic N) is 1. The molecule has 0 bridgehead atoms. The molecule has 0 atom stereocenters. The highest BCUT2D eigenvalue weighted by atomic mass is 16.5. The Bertz CT molecular complexity index is 1100. The highest BCUT2D eigenvalue weighted by molar-refractivity contribution is 6.34. The minimum absolute atomic E-state index is 0.155. The minimum Gasteiger partial charge on any atom is -0.497 e. The van der Waals surface area contributed by atoms with Crippen LogP contribution >= 0.6 is 0 Å². The molecule has 4 rings (SSSR count). The molecule has 6 nitrogen and oxygen atoms in total. The molecule has 150 valence electrons. The highest BCUT2D eigenvalue weighted by Gasteiger charge is 2.36. The van der Waals surface area contributed by atoms with Gasteiger partial charge in [-0.25, -0.2) is 4.90 Å². The zero-order valence-electron chi connectivity index (χ0n) is 16.4. The fraction of sp³-hybridized carbons (Fsp3) is 0.125. The number of fused-ring (bicyclic) bond motifs is 1. The lowest BCUT2D eigenvalue weighted by molar-refractivity contribution is -0.116. The Morgan fingerprint density at radius 1 is 0.900 bits per heavy atom. The maximum Gasteiger partial charge on any atom is 0.266 e. The third-order valence-electron chi connectivity index (χ3n) is 4.96. The molecule has 0 unspecified atom stereocenters. The molecule has 3 amide bonds. The molecule has 6 heteroatoms. The van der Waals surface area contributed by atoms with Crippen LogP contribution in [-0.2, 0) is 11.2 Å². The van der Waals surface area contributed by atoms with Crippen LogP contribution in [0.3, 0.4) is 0 Å². The second-order valence-corrected chi connectivity index (χ2v) is 6.94. The van der Waals surface area contributed by atoms with Crippen molar-refractivity contribution in [3.63, 3.8) is 0 Å². The molecular weight excluding hydrogens is 380 g/mol. The Hall–Kier alpha value is -3.93. The number of hydrogen-bond donors (Lipinski definition) is 1. The fourth-order valence-electron chi connectivity index (χ4n) is 3.46. The minimum atomic E-state index is -0.364. The average Bonchev–Trinajstić information content (AvgIpc) is 3.03. The van der Waals surface area contributed by atoms with Crippen molar-refractivity contribution >= 4 is 29.1 Å². The van der Waals surface area contributed by atoms with Gasteiger partial charge in [0.05, 0.1) is 23.9 Å². The summed E-state index contributed by atoms with van der Waals surface area (Å²) >= 11 is 0. The third-order valence-corrected chi connectivity index (χ3v) is 4.96. The van der Waals surface area contributed by atoms with Crippen LogP contribution < -0.4 is 15.0 Å². The molecule has 0 spiro atoms. The predicted molar refractivity (Wildman–Crippen MR) is 114 cm³/mol. The van der Waals surface area contributed by atoms with Crippen LogP contribution in [-0.4, -0.2) is 24.8 Å². The van der Waals surface area contributed by atoms with Crippen LogP contribution in [0.2, 0.25) is 0 Å². The molecule has 0 fully saturated rings. The first-order valence-corrected chi connectivity index (χ1v) is 9.57. The Balaban J connectivity index is 1.44. The predicted octanol–water partition coefficient (Wildman–Crippen LogP) is 4.07. The van der Waals surface area contributed by atoms with Gasteiger partial charge in [0.15, 0.2) is 0 Å². The van der Waals surface area contributed by atoms with Gasteiger partial charge in [-0.2, -0.15) is 0 Å². The van der Waals surface area contributed by atoms with E-state index in [-0.39, 0.29) is 17.7 Å². The number of ether oxygens (including phenoxy) is 1. The van der Waals surface area contributed by atoms with E-state index in [0.717, 1.165) is 16.2 Å². The first-order chi connectivity index (χ1) is 14.6. The molecule has 3 aromatic rings. The number of anilines is 2. The van der Waals surface area contributed by atoms with Gasteiger partial charge in [-0.1, -0.05) is 30.3 Å². The lowest BCUT2D eigenvalue weighted by Crippen LogP contribution is -2.29. The van der Waals surface area contributed by atoms with Crippen molar-refractivity contribution in [2.75, 3.05) is 17.3 Å². The van der Waals surface area contributed by atoms with E-state index in [4.69, 9.17) is 4.74 Å². The summed E-state index contributed by atoms with van der Waals surface area (Å²) in [4.78, 5) is 38.8. The molecule has 30 heavy (non-hydrogen) atoms. The summed E-state index contributed by atoms with van der Waals surface area (Å²) in [7, 11) is 1.60. The van der Waals surface area contributed by atoms with Crippen molar-refractivity contribution in [1.29, 1.82) is 0 Å². The van der Waals surface area contributed by atoms with Gasteiger partial charge >= 0.3 is 0 Å². The lowest BCUT2D eigenvalue weighted by atomic mass is 10.1. The monoisotopic (exact) mass is 400 g/mol. The molecular formula is C24H20N2O4. The first kappa shape index (κ1) is 19.4. The molecule has 0 radical (unpaired) electrons. The van der Waals surface area contributed by atoms with E-state index < -0.39 is 0 Å². The van der Waals surface area contributed by atoms with Gasteiger partial charge in [0, 0.05) is 12.1 Å². The van der Waals surface area contributed by atoms with E-state index in [2.05, 4.69) is 5.32 Å². The van der Waals surface area contributed by atoms with Crippen molar-refractivity contribution in [3.8, 4) is 5.75 Å². The molecule has 0 saturated heterocycles. The van der Waals surface area contributed by atoms with Crippen molar-refractivity contribution in [2.45, 2.75) is 12.8 Å². The number of carbonyl (C=O) groups is 3. The van der Waals surface area contributed by atoms with Crippen LogP contribution in [0.4, 0.5) is 11.4 Å². The second kappa shape index (κ2) is 8.21. The molecule has 1 heterocycles. The summed E-state index contributed by atoms with van der Waals surface area (Å²) in [6.07, 6.45) is 0.867. The van der Waals surface area contributed by atoms with Crippen molar-refractivity contribution in [2.24, 2.45) is 0 Å². The van der Waals surface area contributed by atoms with Gasteiger partial charge < -0.3 is 10.1 Å². The molecule has 3 aromatic carbocycles. The number of carbonyl (C=O) groups excluding carboxylic acids is 3. The standard InChI is InChI=1S/C24H20N2O4/c1-30-19-9-4-6-16(14-19)12-13-22(27)25-17-7-5-8-18(15-17)26-23(28)20-10-2-3-11-21(20)24(26)29/h2-11,14-15H,12-13H2,1H3,(H,25,27). The van der Waals surface area contributed by atoms with E-state index in [0.29, 0.717) is 35.3 Å². The number of benzene rings is 3. The fourth-order valence-corrected chi connectivity index (χ4v) is 3.46. The van der Waals surface area contributed by atoms with Crippen LogP contribution in [0.25, 0.3) is 0 Å². The highest BCUT2D eigenvalue weighted by Crippen LogP contribution is 2.29. The summed E-state index contributed by atoms with van der Waals surface area (Å²) in [5.74, 6) is -0.131. The van der Waals surface area contributed by atoms with Crippen LogP contribution in [0.1, 0.15) is 32.7 Å². The number of imide groups is 1. The Labute approximate surface area is 174 Å². The molecule has 0 aliphatic carbocycles. The van der Waals surface area contributed by atoms with E-state index >= 15 is 0 Å². The number of aryl methyl sites for hydroxylation is 1. The molecule has 1 aliphatic rings. The van der Waals surface area contributed by atoms with Gasteiger partial charge in [-0.15, -0.1) is 0 Å². The summed E-state index contributed by atoms with van der Waals surface area (Å²) < 4.78 is 5.20. The smallest absolute Gasteiger partial charge is 0.266 e. The van der Waals surface area contributed by atoms with E-state index in [1.54, 1.807) is 55.6 Å². The zero-order chi connectivity index (χ0) is 21.1. The topological polar surface area (TPSA) is 75.7 Å². The van der Waals surface area contributed by atoms with E-state index in [1.165, 1.54) is 0 Å². The van der Waals surface area contributed by atoms with Crippen LogP contribution in [0, 0.1) is 0 Å². The summed E-state index contributed by atoms with van der Waals surface area (Å²) in [6, 6.07) is 21.1. The summed E-state index contributed by atoms with van der Waals surface area (Å²) in [5.41, 5.74) is 2.72. The van der Waals surface area contributed by atoms with E-state index in [9.17, 15) is 14.4 Å². The quantitative estimate of drug-likeness (QED) is 0.633. The van der Waals surface area contributed by atoms with Gasteiger partial charge in [-0.05, 0) is 54.4 Å². The molecule has 0 aromatic heterocycles. The Kier molecular flexibility index (Phi) is 5.30. The number of rotatable bonds is 6. The molecule has 1 aliphatic heterocycles. The van der Waals surface area contributed by atoms with Crippen molar-refractivity contribution < 1.29 is 19.1 Å². The number of nitrogens with one attached hydrogen (secondary N) is 1. The van der Waals surface area contributed by atoms with E-state index in [1.807, 2.05) is 24.3 Å². The largest absolute Gasteiger partial charge is 0.497 e. The number of methoxy groups -OCH3 is 1. The number of amides is 3.